The van der Waals surface area contributed by atoms with E-state index in [-0.39, 0.29) is 5.97 Å². The molecule has 0 amide bonds. The summed E-state index contributed by atoms with van der Waals surface area (Å²) in [7, 11) is 0. The predicted molar refractivity (Wildman–Crippen MR) is 54.5 cm³/mol. The number of carbonyl (C=O) groups is 1. The maximum absolute atomic E-state index is 10.9. The van der Waals surface area contributed by atoms with Crippen LogP contribution in [0.5, 0.6) is 0 Å². The Hall–Kier alpha value is -0.790. The highest BCUT2D eigenvalue weighted by Crippen LogP contribution is 2.02. The molecule has 0 N–H and O–H groups in total. The molecule has 0 spiro atoms. The van der Waals surface area contributed by atoms with E-state index in [0.717, 1.165) is 25.7 Å². The van der Waals surface area contributed by atoms with Crippen LogP contribution in [0.1, 0.15) is 46.0 Å². The Morgan fingerprint density at radius 3 is 2.62 bits per heavy atom. The number of hydrogen-bond acceptors (Lipinski definition) is 2. The lowest BCUT2D eigenvalue weighted by molar-refractivity contribution is -0.143. The summed E-state index contributed by atoms with van der Waals surface area (Å²) in [5.74, 6) is -0.0676. The highest BCUT2D eigenvalue weighted by Gasteiger charge is 1.99. The van der Waals surface area contributed by atoms with Gasteiger partial charge in [0.05, 0.1) is 6.61 Å². The van der Waals surface area contributed by atoms with E-state index in [1.807, 2.05) is 6.92 Å². The lowest BCUT2D eigenvalue weighted by atomic mass is 10.2. The third-order valence-electron chi connectivity index (χ3n) is 1.71. The molecule has 0 aliphatic carbocycles. The molecule has 0 heterocycles. The van der Waals surface area contributed by atoms with E-state index in [0.29, 0.717) is 13.0 Å². The van der Waals surface area contributed by atoms with Gasteiger partial charge in [0.15, 0.2) is 0 Å². The van der Waals surface area contributed by atoms with Gasteiger partial charge in [-0.1, -0.05) is 19.1 Å². The minimum atomic E-state index is -0.0676. The Balaban J connectivity index is 3.15. The van der Waals surface area contributed by atoms with Crippen LogP contribution in [0.25, 0.3) is 0 Å². The van der Waals surface area contributed by atoms with Crippen molar-refractivity contribution in [2.75, 3.05) is 6.61 Å². The van der Waals surface area contributed by atoms with Gasteiger partial charge in [-0.15, -0.1) is 0 Å². The van der Waals surface area contributed by atoms with E-state index in [9.17, 15) is 4.79 Å². The minimum absolute atomic E-state index is 0.0676. The molecule has 0 fully saturated rings. The zero-order valence-electron chi connectivity index (χ0n) is 8.71. The van der Waals surface area contributed by atoms with Crippen molar-refractivity contribution in [3.05, 3.63) is 12.2 Å². The Kier molecular flexibility index (Phi) is 8.73. The Morgan fingerprint density at radius 1 is 1.23 bits per heavy atom. The molecule has 0 unspecified atom stereocenters. The van der Waals surface area contributed by atoms with Crippen molar-refractivity contribution in [3.8, 4) is 0 Å². The summed E-state index contributed by atoms with van der Waals surface area (Å²) in [6.45, 7) is 4.45. The summed E-state index contributed by atoms with van der Waals surface area (Å²) < 4.78 is 4.81. The van der Waals surface area contributed by atoms with Crippen molar-refractivity contribution >= 4 is 5.97 Å². The molecule has 0 aromatic rings. The van der Waals surface area contributed by atoms with E-state index in [4.69, 9.17) is 4.74 Å². The number of allylic oxidation sites excluding steroid dienone is 2. The fourth-order valence-electron chi connectivity index (χ4n) is 1.05. The molecule has 2 heteroatoms. The number of hydrogen-bond donors (Lipinski definition) is 0. The summed E-state index contributed by atoms with van der Waals surface area (Å²) in [6.07, 6.45) is 9.08. The Labute approximate surface area is 81.0 Å². The molecule has 0 aromatic carbocycles. The normalized spacial score (nSPS) is 10.6. The van der Waals surface area contributed by atoms with Crippen LogP contribution in [0.3, 0.4) is 0 Å². The van der Waals surface area contributed by atoms with Crippen LogP contribution in [0.15, 0.2) is 12.2 Å². The Bertz CT molecular complexity index is 150. The molecule has 2 nitrogen and oxygen atoms in total. The molecule has 0 radical (unpaired) electrons. The van der Waals surface area contributed by atoms with Gasteiger partial charge >= 0.3 is 5.97 Å². The maximum Gasteiger partial charge on any atom is 0.305 e. The first-order chi connectivity index (χ1) is 6.31. The lowest BCUT2D eigenvalue weighted by Crippen LogP contribution is -2.02. The van der Waals surface area contributed by atoms with E-state index < -0.39 is 0 Å². The van der Waals surface area contributed by atoms with Crippen LogP contribution in [0.4, 0.5) is 0 Å². The molecular weight excluding hydrogens is 164 g/mol. The van der Waals surface area contributed by atoms with Crippen molar-refractivity contribution in [3.63, 3.8) is 0 Å². The summed E-state index contributed by atoms with van der Waals surface area (Å²) in [4.78, 5) is 10.9. The maximum atomic E-state index is 10.9. The lowest BCUT2D eigenvalue weighted by Gasteiger charge is -1.99. The van der Waals surface area contributed by atoms with Gasteiger partial charge < -0.3 is 4.74 Å². The van der Waals surface area contributed by atoms with Gasteiger partial charge in [-0.3, -0.25) is 4.79 Å². The van der Waals surface area contributed by atoms with Crippen LogP contribution >= 0.6 is 0 Å². The highest BCUT2D eigenvalue weighted by molar-refractivity contribution is 5.69. The van der Waals surface area contributed by atoms with Crippen molar-refractivity contribution < 1.29 is 9.53 Å². The zero-order valence-corrected chi connectivity index (χ0v) is 8.71. The minimum Gasteiger partial charge on any atom is -0.466 e. The molecule has 0 saturated carbocycles. The smallest absolute Gasteiger partial charge is 0.305 e. The standard InChI is InChI=1S/C11H20O2/c1-3-5-6-7-8-9-10-11(12)13-4-2/h5-6H,3-4,7-10H2,1-2H3/b6-5+. The van der Waals surface area contributed by atoms with Gasteiger partial charge in [0, 0.05) is 6.42 Å². The monoisotopic (exact) mass is 184 g/mol. The number of rotatable bonds is 7. The first kappa shape index (κ1) is 12.2. The first-order valence-corrected chi connectivity index (χ1v) is 5.11. The number of unbranched alkanes of at least 4 members (excludes halogenated alkanes) is 2. The van der Waals surface area contributed by atoms with Crippen molar-refractivity contribution in [2.24, 2.45) is 0 Å². The quantitative estimate of drug-likeness (QED) is 0.345. The third-order valence-corrected chi connectivity index (χ3v) is 1.71. The van der Waals surface area contributed by atoms with Gasteiger partial charge in [0.2, 0.25) is 0 Å². The van der Waals surface area contributed by atoms with Crippen LogP contribution in [-0.2, 0) is 9.53 Å². The van der Waals surface area contributed by atoms with Gasteiger partial charge in [-0.25, -0.2) is 0 Å². The zero-order chi connectivity index (χ0) is 9.94. The van der Waals surface area contributed by atoms with E-state index in [2.05, 4.69) is 19.1 Å². The highest BCUT2D eigenvalue weighted by atomic mass is 16.5. The summed E-state index contributed by atoms with van der Waals surface area (Å²) in [5, 5.41) is 0. The first-order valence-electron chi connectivity index (χ1n) is 5.11. The molecule has 76 valence electrons. The molecule has 0 atom stereocenters. The predicted octanol–water partition coefficient (Wildman–Crippen LogP) is 3.08. The molecule has 0 aliphatic rings. The SMILES string of the molecule is CC/C=C/CCCCC(=O)OCC. The Morgan fingerprint density at radius 2 is 2.00 bits per heavy atom. The second-order valence-electron chi connectivity index (χ2n) is 2.93. The van der Waals surface area contributed by atoms with Crippen LogP contribution in [0.2, 0.25) is 0 Å². The summed E-state index contributed by atoms with van der Waals surface area (Å²) in [5.41, 5.74) is 0. The number of esters is 1. The van der Waals surface area contributed by atoms with E-state index >= 15 is 0 Å². The molecule has 13 heavy (non-hydrogen) atoms. The van der Waals surface area contributed by atoms with Crippen LogP contribution < -0.4 is 0 Å². The fourth-order valence-corrected chi connectivity index (χ4v) is 1.05. The molecule has 0 rings (SSSR count). The van der Waals surface area contributed by atoms with Crippen molar-refractivity contribution in [1.29, 1.82) is 0 Å². The van der Waals surface area contributed by atoms with Gasteiger partial charge in [-0.05, 0) is 32.6 Å². The number of ether oxygens (including phenoxy) is 1. The summed E-state index contributed by atoms with van der Waals surface area (Å²) in [6, 6.07) is 0. The topological polar surface area (TPSA) is 26.3 Å². The van der Waals surface area contributed by atoms with Crippen molar-refractivity contribution in [1.82, 2.24) is 0 Å². The second kappa shape index (κ2) is 9.30. The van der Waals surface area contributed by atoms with Crippen LogP contribution in [-0.4, -0.2) is 12.6 Å². The largest absolute Gasteiger partial charge is 0.466 e. The van der Waals surface area contributed by atoms with Gasteiger partial charge in [0.25, 0.3) is 0 Å². The van der Waals surface area contributed by atoms with Crippen LogP contribution in [0, 0.1) is 0 Å². The van der Waals surface area contributed by atoms with Crippen molar-refractivity contribution in [2.45, 2.75) is 46.0 Å². The molecular formula is C11H20O2. The molecule has 0 saturated heterocycles. The van der Waals surface area contributed by atoms with E-state index in [1.165, 1.54) is 0 Å². The second-order valence-corrected chi connectivity index (χ2v) is 2.93. The third kappa shape index (κ3) is 9.12. The average Bonchev–Trinajstić information content (AvgIpc) is 2.11. The summed E-state index contributed by atoms with van der Waals surface area (Å²) >= 11 is 0. The van der Waals surface area contributed by atoms with E-state index in [1.54, 1.807) is 0 Å². The van der Waals surface area contributed by atoms with Gasteiger partial charge in [-0.2, -0.15) is 0 Å². The number of carbonyl (C=O) groups excluding carboxylic acids is 1. The molecule has 0 aromatic heterocycles. The molecule has 0 bridgehead atoms. The fraction of sp³-hybridized carbons (Fsp3) is 0.727. The average molecular weight is 184 g/mol. The van der Waals surface area contributed by atoms with Gasteiger partial charge in [0.1, 0.15) is 0 Å². The molecule has 0 aliphatic heterocycles.